The fourth-order valence-electron chi connectivity index (χ4n) is 5.18. The zero-order valence-corrected chi connectivity index (χ0v) is 15.8. The van der Waals surface area contributed by atoms with Gasteiger partial charge in [-0.1, -0.05) is 48.5 Å². The number of hydrogen-bond donors (Lipinski definition) is 1. The van der Waals surface area contributed by atoms with E-state index < -0.39 is 0 Å². The van der Waals surface area contributed by atoms with Crippen LogP contribution in [0.2, 0.25) is 0 Å². The van der Waals surface area contributed by atoms with E-state index in [0.717, 1.165) is 12.8 Å². The summed E-state index contributed by atoms with van der Waals surface area (Å²) < 4.78 is 14.3. The van der Waals surface area contributed by atoms with Gasteiger partial charge in [0.05, 0.1) is 12.1 Å². The van der Waals surface area contributed by atoms with Crippen LogP contribution < -0.4 is 0 Å². The lowest BCUT2D eigenvalue weighted by molar-refractivity contribution is -0.201. The maximum atomic E-state index is 14.3. The quantitative estimate of drug-likeness (QED) is 0.868. The lowest BCUT2D eigenvalue weighted by Gasteiger charge is -2.71. The van der Waals surface area contributed by atoms with Crippen LogP contribution in [-0.2, 0) is 11.3 Å². The van der Waals surface area contributed by atoms with Crippen molar-refractivity contribution in [3.63, 3.8) is 0 Å². The molecule has 0 aromatic heterocycles. The van der Waals surface area contributed by atoms with Crippen molar-refractivity contribution in [2.75, 3.05) is 19.7 Å². The number of aliphatic hydroxyl groups is 1. The summed E-state index contributed by atoms with van der Waals surface area (Å²) in [6.07, 6.45) is 2.01. The number of benzene rings is 2. The van der Waals surface area contributed by atoms with Crippen LogP contribution in [0.3, 0.4) is 0 Å². The maximum Gasteiger partial charge on any atom is 0.225 e. The molecule has 1 aliphatic carbocycles. The molecule has 2 atom stereocenters. The number of halogens is 1. The van der Waals surface area contributed by atoms with Crippen LogP contribution in [0.15, 0.2) is 54.6 Å². The van der Waals surface area contributed by atoms with E-state index in [9.17, 15) is 14.3 Å². The molecule has 1 saturated carbocycles. The highest BCUT2D eigenvalue weighted by atomic mass is 19.1. The molecule has 0 radical (unpaired) electrons. The third-order valence-electron chi connectivity index (χ3n) is 6.75. The van der Waals surface area contributed by atoms with Gasteiger partial charge in [-0.05, 0) is 24.5 Å². The predicted molar refractivity (Wildman–Crippen MR) is 104 cm³/mol. The fraction of sp³-hybridized carbons (Fsp3) is 0.435. The van der Waals surface area contributed by atoms with Gasteiger partial charge < -0.3 is 10.0 Å². The smallest absolute Gasteiger partial charge is 0.225 e. The Morgan fingerprint density at radius 3 is 2.39 bits per heavy atom. The first-order valence-corrected chi connectivity index (χ1v) is 10.1. The van der Waals surface area contributed by atoms with E-state index in [1.165, 1.54) is 11.6 Å². The van der Waals surface area contributed by atoms with Gasteiger partial charge in [-0.3, -0.25) is 9.69 Å². The van der Waals surface area contributed by atoms with Crippen molar-refractivity contribution in [2.45, 2.75) is 36.9 Å². The molecule has 2 aliphatic heterocycles. The second-order valence-electron chi connectivity index (χ2n) is 8.43. The van der Waals surface area contributed by atoms with E-state index in [-0.39, 0.29) is 41.7 Å². The highest BCUT2D eigenvalue weighted by molar-refractivity contribution is 5.82. The fourth-order valence-corrected chi connectivity index (χ4v) is 5.18. The lowest BCUT2D eigenvalue weighted by atomic mass is 9.60. The van der Waals surface area contributed by atoms with E-state index in [1.54, 1.807) is 12.1 Å². The molecule has 0 unspecified atom stereocenters. The topological polar surface area (TPSA) is 43.8 Å². The zero-order chi connectivity index (χ0) is 19.3. The third-order valence-corrected chi connectivity index (χ3v) is 6.75. The first-order valence-electron chi connectivity index (χ1n) is 10.1. The van der Waals surface area contributed by atoms with Gasteiger partial charge in [0.1, 0.15) is 5.82 Å². The van der Waals surface area contributed by atoms with Crippen LogP contribution in [0.4, 0.5) is 4.39 Å². The summed E-state index contributed by atoms with van der Waals surface area (Å²) in [5.74, 6) is 0.397. The number of aliphatic hydroxyl groups excluding tert-OH is 1. The lowest BCUT2D eigenvalue weighted by Crippen LogP contribution is -2.84. The van der Waals surface area contributed by atoms with Crippen LogP contribution in [0, 0.1) is 11.7 Å². The number of amides is 1. The van der Waals surface area contributed by atoms with E-state index in [2.05, 4.69) is 17.0 Å². The van der Waals surface area contributed by atoms with E-state index in [0.29, 0.717) is 25.2 Å². The molecule has 1 N–H and O–H groups in total. The van der Waals surface area contributed by atoms with Gasteiger partial charge in [0.25, 0.3) is 0 Å². The van der Waals surface area contributed by atoms with Gasteiger partial charge in [0.15, 0.2) is 0 Å². The molecule has 2 heterocycles. The van der Waals surface area contributed by atoms with Gasteiger partial charge in [0, 0.05) is 43.1 Å². The molecular weight excluding hydrogens is 355 g/mol. The first-order chi connectivity index (χ1) is 13.6. The molecule has 5 heteroatoms. The number of rotatable bonds is 5. The van der Waals surface area contributed by atoms with Gasteiger partial charge in [-0.15, -0.1) is 0 Å². The van der Waals surface area contributed by atoms with E-state index in [1.807, 2.05) is 29.2 Å². The second kappa shape index (κ2) is 6.68. The van der Waals surface area contributed by atoms with E-state index in [4.69, 9.17) is 0 Å². The number of carbonyl (C=O) groups excluding carboxylic acids is 1. The second-order valence-corrected chi connectivity index (χ2v) is 8.43. The van der Waals surface area contributed by atoms with Crippen LogP contribution in [0.5, 0.6) is 0 Å². The summed E-state index contributed by atoms with van der Waals surface area (Å²) in [7, 11) is 0. The van der Waals surface area contributed by atoms with Crippen molar-refractivity contribution in [3.8, 4) is 0 Å². The number of hydrogen-bond acceptors (Lipinski definition) is 3. The number of carbonyl (C=O) groups is 1. The SMILES string of the molecule is O=C(C1CC1)N1CC2(C1)[C@H](c1ccccc1)[C@H](CO)N2Cc1ccccc1F. The maximum absolute atomic E-state index is 14.3. The van der Waals surface area contributed by atoms with Crippen molar-refractivity contribution in [3.05, 3.63) is 71.5 Å². The van der Waals surface area contributed by atoms with Crippen molar-refractivity contribution in [2.24, 2.45) is 5.92 Å². The molecule has 0 bridgehead atoms. The molecule has 1 amide bonds. The van der Waals surface area contributed by atoms with Crippen molar-refractivity contribution < 1.29 is 14.3 Å². The van der Waals surface area contributed by atoms with Crippen LogP contribution in [-0.4, -0.2) is 52.1 Å². The summed E-state index contributed by atoms with van der Waals surface area (Å²) in [5.41, 5.74) is 1.60. The highest BCUT2D eigenvalue weighted by Crippen LogP contribution is 2.55. The summed E-state index contributed by atoms with van der Waals surface area (Å²) in [5, 5.41) is 10.1. The highest BCUT2D eigenvalue weighted by Gasteiger charge is 2.66. The predicted octanol–water partition coefficient (Wildman–Crippen LogP) is 2.78. The molecule has 4 nitrogen and oxygen atoms in total. The Morgan fingerprint density at radius 1 is 1.07 bits per heavy atom. The minimum atomic E-state index is -0.221. The molecule has 2 aromatic carbocycles. The molecule has 28 heavy (non-hydrogen) atoms. The van der Waals surface area contributed by atoms with Gasteiger partial charge in [-0.2, -0.15) is 0 Å². The first kappa shape index (κ1) is 17.8. The number of nitrogens with zero attached hydrogens (tertiary/aromatic N) is 2. The van der Waals surface area contributed by atoms with Crippen molar-refractivity contribution in [1.29, 1.82) is 0 Å². The monoisotopic (exact) mass is 380 g/mol. The minimum absolute atomic E-state index is 0.0202. The Balaban J connectivity index is 1.45. The average molecular weight is 380 g/mol. The summed E-state index contributed by atoms with van der Waals surface area (Å²) in [6, 6.07) is 17.0. The molecular formula is C23H25FN2O2. The third kappa shape index (κ3) is 2.68. The molecule has 2 saturated heterocycles. The summed E-state index contributed by atoms with van der Waals surface area (Å²) in [6.45, 7) is 1.79. The molecule has 2 aromatic rings. The average Bonchev–Trinajstić information content (AvgIpc) is 3.51. The Labute approximate surface area is 164 Å². The van der Waals surface area contributed by atoms with Crippen molar-refractivity contribution in [1.82, 2.24) is 9.80 Å². The summed E-state index contributed by atoms with van der Waals surface area (Å²) in [4.78, 5) is 16.7. The van der Waals surface area contributed by atoms with Gasteiger partial charge in [-0.25, -0.2) is 4.39 Å². The number of likely N-dealkylation sites (tertiary alicyclic amines) is 2. The Hall–Kier alpha value is -2.24. The van der Waals surface area contributed by atoms with Crippen molar-refractivity contribution >= 4 is 5.91 Å². The largest absolute Gasteiger partial charge is 0.395 e. The van der Waals surface area contributed by atoms with Gasteiger partial charge in [0.2, 0.25) is 5.91 Å². The molecule has 5 rings (SSSR count). The molecule has 146 valence electrons. The minimum Gasteiger partial charge on any atom is -0.395 e. The summed E-state index contributed by atoms with van der Waals surface area (Å²) >= 11 is 0. The van der Waals surface area contributed by atoms with Crippen LogP contribution in [0.1, 0.15) is 29.9 Å². The standard InChI is InChI=1S/C23H25FN2O2/c24-19-9-5-4-8-18(19)12-26-20(13-27)21(16-6-2-1-3-7-16)23(26)14-25(15-23)22(28)17-10-11-17/h1-9,17,20-21,27H,10-15H2/t20-,21+/m0/s1. The molecule has 3 fully saturated rings. The van der Waals surface area contributed by atoms with E-state index >= 15 is 0 Å². The van der Waals surface area contributed by atoms with Gasteiger partial charge >= 0.3 is 0 Å². The zero-order valence-electron chi connectivity index (χ0n) is 15.8. The molecule has 3 aliphatic rings. The van der Waals surface area contributed by atoms with Crippen LogP contribution >= 0.6 is 0 Å². The molecule has 1 spiro atoms. The van der Waals surface area contributed by atoms with Crippen LogP contribution in [0.25, 0.3) is 0 Å². The Kier molecular flexibility index (Phi) is 4.25. The Morgan fingerprint density at radius 2 is 1.75 bits per heavy atom. The Bertz CT molecular complexity index is 877. The normalized spacial score (nSPS) is 26.0.